The number of carboxylic acids is 1. The lowest BCUT2D eigenvalue weighted by Crippen LogP contribution is -2.13. The van der Waals surface area contributed by atoms with E-state index >= 15 is 0 Å². The van der Waals surface area contributed by atoms with Gasteiger partial charge in [0.25, 0.3) is 0 Å². The van der Waals surface area contributed by atoms with Crippen molar-refractivity contribution >= 4 is 12.3 Å². The molecule has 18 heavy (non-hydrogen) atoms. The van der Waals surface area contributed by atoms with Crippen LogP contribution in [0.25, 0.3) is 0 Å². The lowest BCUT2D eigenvalue weighted by Gasteiger charge is -2.13. The van der Waals surface area contributed by atoms with E-state index in [1.807, 2.05) is 6.92 Å². The SMILES string of the molecule is CCOc1ccc(CCC=O)c(C(O)C(=O)O)c1. The van der Waals surface area contributed by atoms with Crippen molar-refractivity contribution in [1.29, 1.82) is 0 Å². The maximum absolute atomic E-state index is 10.8. The molecule has 0 bridgehead atoms. The van der Waals surface area contributed by atoms with Crippen LogP contribution >= 0.6 is 0 Å². The van der Waals surface area contributed by atoms with E-state index in [2.05, 4.69) is 0 Å². The summed E-state index contributed by atoms with van der Waals surface area (Å²) in [5.41, 5.74) is 0.913. The van der Waals surface area contributed by atoms with Gasteiger partial charge in [0.05, 0.1) is 6.61 Å². The second kappa shape index (κ2) is 6.76. The molecule has 1 rings (SSSR count). The summed E-state index contributed by atoms with van der Waals surface area (Å²) in [6.07, 6.45) is -0.164. The number of aldehydes is 1. The van der Waals surface area contributed by atoms with E-state index in [1.165, 1.54) is 6.07 Å². The van der Waals surface area contributed by atoms with Gasteiger partial charge in [-0.1, -0.05) is 6.07 Å². The van der Waals surface area contributed by atoms with Crippen LogP contribution in [0.4, 0.5) is 0 Å². The van der Waals surface area contributed by atoms with Crippen LogP contribution in [0.1, 0.15) is 30.6 Å². The highest BCUT2D eigenvalue weighted by molar-refractivity contribution is 5.75. The van der Waals surface area contributed by atoms with Crippen LogP contribution in [0.15, 0.2) is 18.2 Å². The quantitative estimate of drug-likeness (QED) is 0.715. The van der Waals surface area contributed by atoms with Crippen molar-refractivity contribution in [3.8, 4) is 5.75 Å². The summed E-state index contributed by atoms with van der Waals surface area (Å²) in [4.78, 5) is 21.2. The monoisotopic (exact) mass is 252 g/mol. The van der Waals surface area contributed by atoms with Crippen molar-refractivity contribution in [2.75, 3.05) is 6.61 Å². The summed E-state index contributed by atoms with van der Waals surface area (Å²) in [5, 5.41) is 18.5. The molecule has 0 heterocycles. The highest BCUT2D eigenvalue weighted by Gasteiger charge is 2.20. The Kier molecular flexibility index (Phi) is 5.32. The minimum Gasteiger partial charge on any atom is -0.494 e. The van der Waals surface area contributed by atoms with Crippen LogP contribution < -0.4 is 4.74 Å². The molecular formula is C13H16O5. The molecule has 1 unspecified atom stereocenters. The van der Waals surface area contributed by atoms with Crippen LogP contribution in [0.5, 0.6) is 5.75 Å². The summed E-state index contributed by atoms with van der Waals surface area (Å²) in [5.74, 6) is -0.821. The Morgan fingerprint density at radius 3 is 2.78 bits per heavy atom. The third kappa shape index (κ3) is 3.56. The van der Waals surface area contributed by atoms with E-state index in [4.69, 9.17) is 9.84 Å². The minimum atomic E-state index is -1.60. The molecule has 0 aromatic heterocycles. The van der Waals surface area contributed by atoms with Crippen LogP contribution in [0.3, 0.4) is 0 Å². The Balaban J connectivity index is 3.08. The first-order chi connectivity index (χ1) is 8.60. The molecule has 0 saturated carbocycles. The molecule has 0 aliphatic heterocycles. The number of aliphatic carboxylic acids is 1. The molecule has 2 N–H and O–H groups in total. The second-order valence-electron chi connectivity index (χ2n) is 3.74. The molecule has 0 saturated heterocycles. The van der Waals surface area contributed by atoms with Gasteiger partial charge in [0.2, 0.25) is 0 Å². The maximum atomic E-state index is 10.8. The summed E-state index contributed by atoms with van der Waals surface area (Å²) in [6, 6.07) is 4.88. The van der Waals surface area contributed by atoms with E-state index in [9.17, 15) is 14.7 Å². The van der Waals surface area contributed by atoms with Crippen LogP contribution in [0.2, 0.25) is 0 Å². The fourth-order valence-corrected chi connectivity index (χ4v) is 1.66. The van der Waals surface area contributed by atoms with Gasteiger partial charge in [0.15, 0.2) is 6.10 Å². The molecule has 0 spiro atoms. The number of rotatable bonds is 7. The summed E-state index contributed by atoms with van der Waals surface area (Å²) in [6.45, 7) is 2.27. The summed E-state index contributed by atoms with van der Waals surface area (Å²) >= 11 is 0. The Labute approximate surface area is 105 Å². The average molecular weight is 252 g/mol. The van der Waals surface area contributed by atoms with Gasteiger partial charge in [-0.25, -0.2) is 4.79 Å². The van der Waals surface area contributed by atoms with Crippen molar-refractivity contribution in [3.63, 3.8) is 0 Å². The number of carboxylic acid groups (broad SMARTS) is 1. The molecule has 1 aromatic rings. The number of aryl methyl sites for hydroxylation is 1. The number of hydrogen-bond acceptors (Lipinski definition) is 4. The Morgan fingerprint density at radius 2 is 2.22 bits per heavy atom. The van der Waals surface area contributed by atoms with Gasteiger partial charge >= 0.3 is 5.97 Å². The molecule has 0 amide bonds. The maximum Gasteiger partial charge on any atom is 0.337 e. The van der Waals surface area contributed by atoms with E-state index in [-0.39, 0.29) is 12.0 Å². The smallest absolute Gasteiger partial charge is 0.337 e. The number of carbonyl (C=O) groups excluding carboxylic acids is 1. The standard InChI is InChI=1S/C13H16O5/c1-2-18-10-6-5-9(4-3-7-14)11(8-10)12(15)13(16)17/h5-8,12,15H,2-4H2,1H3,(H,16,17). The summed E-state index contributed by atoms with van der Waals surface area (Å²) in [7, 11) is 0. The van der Waals surface area contributed by atoms with Crippen LogP contribution in [-0.2, 0) is 16.0 Å². The molecule has 98 valence electrons. The van der Waals surface area contributed by atoms with Gasteiger partial charge < -0.3 is 19.7 Å². The fraction of sp³-hybridized carbons (Fsp3) is 0.385. The van der Waals surface area contributed by atoms with Crippen LogP contribution in [-0.4, -0.2) is 29.1 Å². The Hall–Kier alpha value is -1.88. The zero-order valence-corrected chi connectivity index (χ0v) is 10.1. The summed E-state index contributed by atoms with van der Waals surface area (Å²) < 4.78 is 5.26. The molecule has 0 fully saturated rings. The third-order valence-corrected chi connectivity index (χ3v) is 2.49. The zero-order valence-electron chi connectivity index (χ0n) is 10.1. The van der Waals surface area contributed by atoms with Crippen molar-refractivity contribution < 1.29 is 24.5 Å². The van der Waals surface area contributed by atoms with Crippen molar-refractivity contribution in [3.05, 3.63) is 29.3 Å². The van der Waals surface area contributed by atoms with E-state index in [1.54, 1.807) is 12.1 Å². The van der Waals surface area contributed by atoms with Gasteiger partial charge in [-0.05, 0) is 36.6 Å². The van der Waals surface area contributed by atoms with Gasteiger partial charge in [0.1, 0.15) is 12.0 Å². The molecule has 5 heteroatoms. The van der Waals surface area contributed by atoms with Crippen molar-refractivity contribution in [2.45, 2.75) is 25.9 Å². The molecule has 5 nitrogen and oxygen atoms in total. The lowest BCUT2D eigenvalue weighted by atomic mass is 9.98. The predicted octanol–water partition coefficient (Wildman–Crippen LogP) is 1.33. The van der Waals surface area contributed by atoms with Gasteiger partial charge in [-0.15, -0.1) is 0 Å². The van der Waals surface area contributed by atoms with E-state index in [0.717, 1.165) is 6.29 Å². The highest BCUT2D eigenvalue weighted by Crippen LogP contribution is 2.25. The fourth-order valence-electron chi connectivity index (χ4n) is 1.66. The van der Waals surface area contributed by atoms with Gasteiger partial charge in [-0.3, -0.25) is 0 Å². The van der Waals surface area contributed by atoms with Gasteiger partial charge in [0, 0.05) is 6.42 Å². The van der Waals surface area contributed by atoms with E-state index < -0.39 is 12.1 Å². The topological polar surface area (TPSA) is 83.8 Å². The Bertz CT molecular complexity index is 427. The number of aliphatic hydroxyl groups is 1. The zero-order chi connectivity index (χ0) is 13.5. The molecular weight excluding hydrogens is 236 g/mol. The predicted molar refractivity (Wildman–Crippen MR) is 64.6 cm³/mol. The second-order valence-corrected chi connectivity index (χ2v) is 3.74. The first kappa shape index (κ1) is 14.2. The third-order valence-electron chi connectivity index (χ3n) is 2.49. The normalized spacial score (nSPS) is 11.9. The minimum absolute atomic E-state index is 0.273. The average Bonchev–Trinajstić information content (AvgIpc) is 2.36. The van der Waals surface area contributed by atoms with E-state index in [0.29, 0.717) is 24.3 Å². The lowest BCUT2D eigenvalue weighted by molar-refractivity contribution is -0.147. The molecule has 1 atom stereocenters. The number of benzene rings is 1. The number of ether oxygens (including phenoxy) is 1. The van der Waals surface area contributed by atoms with Gasteiger partial charge in [-0.2, -0.15) is 0 Å². The molecule has 0 radical (unpaired) electrons. The Morgan fingerprint density at radius 1 is 1.50 bits per heavy atom. The van der Waals surface area contributed by atoms with Crippen LogP contribution in [0, 0.1) is 0 Å². The first-order valence-electron chi connectivity index (χ1n) is 5.70. The molecule has 1 aromatic carbocycles. The van der Waals surface area contributed by atoms with Crippen molar-refractivity contribution in [1.82, 2.24) is 0 Å². The highest BCUT2D eigenvalue weighted by atomic mass is 16.5. The number of aliphatic hydroxyl groups excluding tert-OH is 1. The van der Waals surface area contributed by atoms with Crippen molar-refractivity contribution in [2.24, 2.45) is 0 Å². The first-order valence-corrected chi connectivity index (χ1v) is 5.70. The molecule has 0 aliphatic rings. The number of carbonyl (C=O) groups is 2. The molecule has 0 aliphatic carbocycles. The largest absolute Gasteiger partial charge is 0.494 e. The number of hydrogen-bond donors (Lipinski definition) is 2.